The van der Waals surface area contributed by atoms with Crippen molar-refractivity contribution in [3.8, 4) is 11.1 Å². The van der Waals surface area contributed by atoms with Gasteiger partial charge in [-0.15, -0.1) is 23.1 Å². The highest BCUT2D eigenvalue weighted by Crippen LogP contribution is 2.51. The van der Waals surface area contributed by atoms with Gasteiger partial charge in [0.2, 0.25) is 5.91 Å². The molecule has 0 radical (unpaired) electrons. The number of thioether (sulfide) groups is 1. The van der Waals surface area contributed by atoms with Gasteiger partial charge >= 0.3 is 11.9 Å². The molecule has 12 heteroatoms. The zero-order chi connectivity index (χ0) is 30.6. The van der Waals surface area contributed by atoms with Gasteiger partial charge in [-0.2, -0.15) is 13.2 Å². The van der Waals surface area contributed by atoms with Gasteiger partial charge in [0.05, 0.1) is 16.5 Å². The average molecular weight is 629 g/mol. The molecule has 0 N–H and O–H groups in total. The van der Waals surface area contributed by atoms with Crippen LogP contribution in [-0.2, 0) is 17.5 Å². The van der Waals surface area contributed by atoms with E-state index in [0.29, 0.717) is 23.5 Å². The van der Waals surface area contributed by atoms with Crippen LogP contribution in [0.5, 0.6) is 0 Å². The minimum atomic E-state index is -4.73. The number of rotatable bonds is 4. The van der Waals surface area contributed by atoms with Crippen molar-refractivity contribution in [2.45, 2.75) is 54.8 Å². The highest BCUT2D eigenvalue weighted by Gasteiger charge is 2.43. The molecule has 224 valence electrons. The zero-order valence-electron chi connectivity index (χ0n) is 23.3. The number of hydrogen-bond donors (Lipinski definition) is 0. The Balaban J connectivity index is 1.60. The largest absolute Gasteiger partial charge is 0.417 e. The molecule has 0 aliphatic carbocycles. The van der Waals surface area contributed by atoms with E-state index < -0.39 is 28.6 Å². The van der Waals surface area contributed by atoms with Gasteiger partial charge < -0.3 is 4.90 Å². The van der Waals surface area contributed by atoms with E-state index in [0.717, 1.165) is 23.1 Å². The summed E-state index contributed by atoms with van der Waals surface area (Å²) < 4.78 is 59.6. The maximum Gasteiger partial charge on any atom is 0.417 e. The van der Waals surface area contributed by atoms with Crippen molar-refractivity contribution < 1.29 is 22.4 Å². The van der Waals surface area contributed by atoms with Gasteiger partial charge in [0.25, 0.3) is 0 Å². The number of hydrogen-bond acceptors (Lipinski definition) is 6. The maximum absolute atomic E-state index is 14.7. The number of nitrogens with zero attached hydrogens (tertiary/aromatic N) is 4. The third kappa shape index (κ3) is 5.29. The Hall–Kier alpha value is -3.48. The molecular weight excluding hydrogens is 600 g/mol. The second-order valence-corrected chi connectivity index (χ2v) is 13.1. The minimum absolute atomic E-state index is 0.0947. The van der Waals surface area contributed by atoms with Crippen LogP contribution in [0.25, 0.3) is 22.0 Å². The highest BCUT2D eigenvalue weighted by atomic mass is 32.2. The molecule has 1 amide bonds. The lowest BCUT2D eigenvalue weighted by Gasteiger charge is -2.47. The number of alkyl halides is 3. The Morgan fingerprint density at radius 1 is 1.09 bits per heavy atom. The van der Waals surface area contributed by atoms with Gasteiger partial charge in [-0.3, -0.25) is 14.3 Å². The van der Waals surface area contributed by atoms with Gasteiger partial charge in [0, 0.05) is 64.6 Å². The first kappa shape index (κ1) is 29.6. The van der Waals surface area contributed by atoms with Crippen molar-refractivity contribution >= 4 is 39.9 Å². The van der Waals surface area contributed by atoms with E-state index in [4.69, 9.17) is 0 Å². The molecule has 4 heterocycles. The van der Waals surface area contributed by atoms with E-state index in [2.05, 4.69) is 16.5 Å². The summed E-state index contributed by atoms with van der Waals surface area (Å²) in [6, 6.07) is 9.50. The fourth-order valence-corrected chi connectivity index (χ4v) is 8.99. The summed E-state index contributed by atoms with van der Waals surface area (Å²) in [7, 11) is 0. The first-order chi connectivity index (χ1) is 20.5. The van der Waals surface area contributed by atoms with Crippen LogP contribution in [0.3, 0.4) is 0 Å². The van der Waals surface area contributed by atoms with E-state index in [1.54, 1.807) is 4.90 Å². The summed E-state index contributed by atoms with van der Waals surface area (Å²) >= 11 is 2.82. The third-order valence-electron chi connectivity index (χ3n) is 8.14. The smallest absolute Gasteiger partial charge is 0.331 e. The first-order valence-corrected chi connectivity index (χ1v) is 15.5. The van der Waals surface area contributed by atoms with Crippen LogP contribution in [0.4, 0.5) is 17.6 Å². The van der Waals surface area contributed by atoms with Crippen LogP contribution in [0.1, 0.15) is 30.2 Å². The topological polar surface area (TPSA) is 58.4 Å². The van der Waals surface area contributed by atoms with Crippen LogP contribution >= 0.6 is 23.1 Å². The monoisotopic (exact) mass is 628 g/mol. The lowest BCUT2D eigenvalue weighted by atomic mass is 9.96. The Morgan fingerprint density at radius 3 is 2.40 bits per heavy atom. The van der Waals surface area contributed by atoms with Gasteiger partial charge in [-0.25, -0.2) is 14.2 Å². The number of benzene rings is 2. The summed E-state index contributed by atoms with van der Waals surface area (Å²) in [4.78, 5) is 35.2. The predicted molar refractivity (Wildman–Crippen MR) is 161 cm³/mol. The number of carbonyl (C=O) groups is 1. The second kappa shape index (κ2) is 11.2. The summed E-state index contributed by atoms with van der Waals surface area (Å²) in [6.45, 7) is 8.68. The molecule has 2 aromatic heterocycles. The molecule has 0 bridgehead atoms. The number of piperazine rings is 1. The molecular formula is C31H28F4N4O2S2. The number of halogens is 4. The molecule has 1 fully saturated rings. The summed E-state index contributed by atoms with van der Waals surface area (Å²) in [5.74, 6) is -1.02. The molecule has 1 saturated heterocycles. The average Bonchev–Trinajstić information content (AvgIpc) is 3.43. The SMILES string of the molecule is C=CC(=O)N1C(C)CN(C2Sc3c(-c4ccc(F)cc4)c(C(F)(F)F)cc4cnc(=O)n(c34)C[C@H]2c2cccs2)C[C@H]1C. The van der Waals surface area contributed by atoms with Crippen LogP contribution in [0, 0.1) is 5.82 Å². The lowest BCUT2D eigenvalue weighted by molar-refractivity contribution is -0.137. The number of thiophene rings is 1. The summed E-state index contributed by atoms with van der Waals surface area (Å²) in [5, 5.41) is 1.75. The Bertz CT molecular complexity index is 1740. The van der Waals surface area contributed by atoms with Gasteiger partial charge in [-0.1, -0.05) is 24.8 Å². The van der Waals surface area contributed by atoms with E-state index in [9.17, 15) is 27.2 Å². The standard InChI is InChI=1S/C31H28F4N4O2S2/c1-4-25(40)39-17(2)14-37(15-18(39)3)29-22(24-6-5-11-42-24)16-38-27-20(13-36-30(38)41)12-23(31(33,34)35)26(28(27)43-29)19-7-9-21(32)10-8-19/h4-13,17-18,22,29H,1,14-16H2,2-3H3/t17-,18?,22+,29?/m1/s1. The van der Waals surface area contributed by atoms with Gasteiger partial charge in [0.15, 0.2) is 0 Å². The number of amides is 1. The molecule has 4 atom stereocenters. The minimum Gasteiger partial charge on any atom is -0.331 e. The summed E-state index contributed by atoms with van der Waals surface area (Å²) in [5.41, 5.74) is -0.946. The van der Waals surface area contributed by atoms with Crippen molar-refractivity contribution in [1.82, 2.24) is 19.4 Å². The number of aromatic nitrogens is 2. The van der Waals surface area contributed by atoms with Crippen LogP contribution in [-0.4, -0.2) is 55.8 Å². The third-order valence-corrected chi connectivity index (χ3v) is 10.7. The van der Waals surface area contributed by atoms with Crippen molar-refractivity contribution in [2.75, 3.05) is 13.1 Å². The molecule has 2 aliphatic heterocycles. The van der Waals surface area contributed by atoms with Crippen LogP contribution < -0.4 is 5.69 Å². The second-order valence-electron chi connectivity index (χ2n) is 11.0. The molecule has 0 spiro atoms. The van der Waals surface area contributed by atoms with Crippen molar-refractivity contribution in [3.63, 3.8) is 0 Å². The maximum atomic E-state index is 14.7. The fraction of sp³-hybridized carbons (Fsp3) is 0.323. The van der Waals surface area contributed by atoms with Gasteiger partial charge in [0.1, 0.15) is 5.82 Å². The van der Waals surface area contributed by atoms with E-state index >= 15 is 0 Å². The Labute approximate surface area is 253 Å². The normalized spacial score (nSPS) is 22.9. The van der Waals surface area contributed by atoms with Crippen LogP contribution in [0.2, 0.25) is 0 Å². The molecule has 43 heavy (non-hydrogen) atoms. The van der Waals surface area contributed by atoms with Crippen molar-refractivity contribution in [2.24, 2.45) is 0 Å². The fourth-order valence-electron chi connectivity index (χ4n) is 6.41. The highest BCUT2D eigenvalue weighted by molar-refractivity contribution is 8.00. The lowest BCUT2D eigenvalue weighted by Crippen LogP contribution is -2.60. The predicted octanol–water partition coefficient (Wildman–Crippen LogP) is 6.61. The molecule has 6 rings (SSSR count). The molecule has 6 nitrogen and oxygen atoms in total. The van der Waals surface area contributed by atoms with E-state index in [-0.39, 0.29) is 47.0 Å². The number of carbonyl (C=O) groups excluding carboxylic acids is 1. The van der Waals surface area contributed by atoms with E-state index in [1.807, 2.05) is 31.4 Å². The van der Waals surface area contributed by atoms with Crippen LogP contribution in [0.15, 0.2) is 76.4 Å². The van der Waals surface area contributed by atoms with Gasteiger partial charge in [-0.05, 0) is 55.1 Å². The van der Waals surface area contributed by atoms with Crippen molar-refractivity contribution in [1.29, 1.82) is 0 Å². The van der Waals surface area contributed by atoms with E-state index in [1.165, 1.54) is 52.1 Å². The molecule has 0 saturated carbocycles. The van der Waals surface area contributed by atoms with Crippen molar-refractivity contribution in [3.05, 3.63) is 93.4 Å². The zero-order valence-corrected chi connectivity index (χ0v) is 25.0. The molecule has 2 aliphatic rings. The molecule has 4 aromatic rings. The molecule has 2 unspecified atom stereocenters. The summed E-state index contributed by atoms with van der Waals surface area (Å²) in [6.07, 6.45) is -2.24. The Morgan fingerprint density at radius 2 is 1.79 bits per heavy atom. The Kier molecular flexibility index (Phi) is 7.72. The quantitative estimate of drug-likeness (QED) is 0.188. The molecule has 2 aromatic carbocycles. The first-order valence-electron chi connectivity index (χ1n) is 13.8.